The smallest absolute Gasteiger partial charge is 0.339 e. The lowest BCUT2D eigenvalue weighted by Crippen LogP contribution is -2.30. The largest absolute Gasteiger partial charge is 0.463 e. The summed E-state index contributed by atoms with van der Waals surface area (Å²) >= 11 is 0. The third-order valence-electron chi connectivity index (χ3n) is 4.43. The molecule has 8 heteroatoms. The molecule has 0 unspecified atom stereocenters. The first kappa shape index (κ1) is 20.6. The summed E-state index contributed by atoms with van der Waals surface area (Å²) in [4.78, 5) is 29.3. The number of esters is 1. The molecule has 0 aliphatic heterocycles. The summed E-state index contributed by atoms with van der Waals surface area (Å²) in [5, 5.41) is 7.67. The van der Waals surface area contributed by atoms with E-state index < -0.39 is 5.97 Å². The first-order valence-corrected chi connectivity index (χ1v) is 9.72. The van der Waals surface area contributed by atoms with E-state index in [1.807, 2.05) is 13.8 Å². The number of ether oxygens (including phenoxy) is 1. The van der Waals surface area contributed by atoms with Gasteiger partial charge >= 0.3 is 5.97 Å². The van der Waals surface area contributed by atoms with Gasteiger partial charge in [-0.05, 0) is 44.4 Å². The fraction of sp³-hybridized carbons (Fsp3) is 0.429. The highest BCUT2D eigenvalue weighted by Gasteiger charge is 2.21. The normalized spacial score (nSPS) is 11.4. The Morgan fingerprint density at radius 2 is 2.07 bits per heavy atom. The molecule has 0 saturated carbocycles. The van der Waals surface area contributed by atoms with Crippen molar-refractivity contribution in [2.45, 2.75) is 40.2 Å². The number of hydrogen-bond donors (Lipinski definition) is 1. The van der Waals surface area contributed by atoms with Crippen LogP contribution in [0.25, 0.3) is 22.5 Å². The second kappa shape index (κ2) is 8.89. The van der Waals surface area contributed by atoms with Crippen molar-refractivity contribution < 1.29 is 18.7 Å². The van der Waals surface area contributed by atoms with Crippen LogP contribution in [-0.4, -0.2) is 39.8 Å². The van der Waals surface area contributed by atoms with Gasteiger partial charge in [0.15, 0.2) is 18.0 Å². The van der Waals surface area contributed by atoms with Crippen LogP contribution < -0.4 is 5.32 Å². The van der Waals surface area contributed by atoms with E-state index in [2.05, 4.69) is 29.2 Å². The van der Waals surface area contributed by atoms with E-state index in [0.717, 1.165) is 6.42 Å². The number of carbonyl (C=O) groups is 2. The summed E-state index contributed by atoms with van der Waals surface area (Å²) in [6.45, 7) is 8.33. The van der Waals surface area contributed by atoms with Crippen molar-refractivity contribution in [1.29, 1.82) is 0 Å². The maximum Gasteiger partial charge on any atom is 0.339 e. The van der Waals surface area contributed by atoms with Crippen molar-refractivity contribution >= 4 is 22.9 Å². The van der Waals surface area contributed by atoms with Crippen LogP contribution in [0.5, 0.6) is 0 Å². The van der Waals surface area contributed by atoms with Gasteiger partial charge in [0.25, 0.3) is 5.91 Å². The molecule has 3 rings (SSSR count). The second-order valence-electron chi connectivity index (χ2n) is 7.56. The molecule has 0 spiro atoms. The fourth-order valence-electron chi connectivity index (χ4n) is 2.88. The minimum absolute atomic E-state index is 0.0578. The topological polar surface area (TPSA) is 99.2 Å². The molecular weight excluding hydrogens is 372 g/mol. The van der Waals surface area contributed by atoms with E-state index >= 15 is 0 Å². The summed E-state index contributed by atoms with van der Waals surface area (Å²) in [5.41, 5.74) is 1.35. The molecule has 8 nitrogen and oxygen atoms in total. The van der Waals surface area contributed by atoms with Crippen molar-refractivity contribution in [3.05, 3.63) is 36.2 Å². The zero-order valence-electron chi connectivity index (χ0n) is 17.1. The number of nitrogens with zero attached hydrogens (tertiary/aromatic N) is 3. The van der Waals surface area contributed by atoms with Gasteiger partial charge in [-0.1, -0.05) is 13.8 Å². The van der Waals surface area contributed by atoms with Gasteiger partial charge in [-0.2, -0.15) is 5.10 Å². The molecule has 1 amide bonds. The number of aromatic nitrogens is 3. The zero-order chi connectivity index (χ0) is 21.0. The van der Waals surface area contributed by atoms with Crippen molar-refractivity contribution in [2.24, 2.45) is 5.92 Å². The Hall–Kier alpha value is -3.16. The third kappa shape index (κ3) is 4.82. The van der Waals surface area contributed by atoms with Crippen molar-refractivity contribution in [3.8, 4) is 11.5 Å². The van der Waals surface area contributed by atoms with Crippen LogP contribution in [0.3, 0.4) is 0 Å². The zero-order valence-corrected chi connectivity index (χ0v) is 17.1. The summed E-state index contributed by atoms with van der Waals surface area (Å²) in [6, 6.07) is 5.18. The standard InChI is InChI=1S/C21H26N4O4/c1-13(2)7-8-22-19(26)12-29-21(27)15-10-17(18-6-5-9-28-18)24-20-16(15)11-23-25(20)14(3)4/h5-6,9-11,13-14H,7-8,12H2,1-4H3,(H,22,26). The molecule has 3 aromatic heterocycles. The van der Waals surface area contributed by atoms with Crippen LogP contribution in [0.4, 0.5) is 0 Å². The van der Waals surface area contributed by atoms with E-state index in [1.165, 1.54) is 0 Å². The average Bonchev–Trinajstić information content (AvgIpc) is 3.34. The molecule has 3 aromatic rings. The maximum absolute atomic E-state index is 12.7. The van der Waals surface area contributed by atoms with Gasteiger partial charge in [0.2, 0.25) is 0 Å². The van der Waals surface area contributed by atoms with Gasteiger partial charge in [0, 0.05) is 12.6 Å². The highest BCUT2D eigenvalue weighted by molar-refractivity contribution is 6.04. The van der Waals surface area contributed by atoms with E-state index in [0.29, 0.717) is 40.5 Å². The predicted octanol–water partition coefficient (Wildman–Crippen LogP) is 3.59. The van der Waals surface area contributed by atoms with Crippen LogP contribution in [0, 0.1) is 5.92 Å². The first-order chi connectivity index (χ1) is 13.9. The molecule has 29 heavy (non-hydrogen) atoms. The summed E-state index contributed by atoms with van der Waals surface area (Å²) in [7, 11) is 0. The molecule has 0 aliphatic rings. The number of furan rings is 1. The lowest BCUT2D eigenvalue weighted by Gasteiger charge is -2.10. The van der Waals surface area contributed by atoms with Crippen LogP contribution in [0.2, 0.25) is 0 Å². The molecule has 0 aromatic carbocycles. The molecule has 0 radical (unpaired) electrons. The molecule has 0 saturated heterocycles. The Morgan fingerprint density at radius 1 is 1.28 bits per heavy atom. The maximum atomic E-state index is 12.7. The van der Waals surface area contributed by atoms with Gasteiger partial charge in [0.1, 0.15) is 5.69 Å². The van der Waals surface area contributed by atoms with Crippen LogP contribution in [-0.2, 0) is 9.53 Å². The van der Waals surface area contributed by atoms with Crippen molar-refractivity contribution in [3.63, 3.8) is 0 Å². The molecule has 154 valence electrons. The van der Waals surface area contributed by atoms with E-state index in [1.54, 1.807) is 35.3 Å². The summed E-state index contributed by atoms with van der Waals surface area (Å²) in [6.07, 6.45) is 4.00. The number of hydrogen-bond acceptors (Lipinski definition) is 6. The van der Waals surface area contributed by atoms with Crippen molar-refractivity contribution in [2.75, 3.05) is 13.2 Å². The monoisotopic (exact) mass is 398 g/mol. The Bertz CT molecular complexity index is 990. The van der Waals surface area contributed by atoms with E-state index in [4.69, 9.17) is 9.15 Å². The summed E-state index contributed by atoms with van der Waals surface area (Å²) < 4.78 is 12.4. The van der Waals surface area contributed by atoms with Gasteiger partial charge in [-0.15, -0.1) is 0 Å². The molecule has 0 bridgehead atoms. The molecule has 0 aliphatic carbocycles. The highest BCUT2D eigenvalue weighted by atomic mass is 16.5. The highest BCUT2D eigenvalue weighted by Crippen LogP contribution is 2.27. The van der Waals surface area contributed by atoms with Gasteiger partial charge in [0.05, 0.1) is 23.4 Å². The minimum Gasteiger partial charge on any atom is -0.463 e. The Labute approximate surface area is 169 Å². The Kier molecular flexibility index (Phi) is 6.31. The number of rotatable bonds is 8. The average molecular weight is 398 g/mol. The van der Waals surface area contributed by atoms with E-state index in [9.17, 15) is 9.59 Å². The van der Waals surface area contributed by atoms with Crippen molar-refractivity contribution in [1.82, 2.24) is 20.1 Å². The molecular formula is C21H26N4O4. The van der Waals surface area contributed by atoms with Crippen LogP contribution in [0.15, 0.2) is 35.1 Å². The predicted molar refractivity (Wildman–Crippen MR) is 108 cm³/mol. The lowest BCUT2D eigenvalue weighted by atomic mass is 10.1. The molecule has 0 atom stereocenters. The van der Waals surface area contributed by atoms with Gasteiger partial charge in [-0.3, -0.25) is 4.79 Å². The number of fused-ring (bicyclic) bond motifs is 1. The quantitative estimate of drug-likeness (QED) is 0.582. The Morgan fingerprint density at radius 3 is 2.72 bits per heavy atom. The minimum atomic E-state index is -0.604. The van der Waals surface area contributed by atoms with Gasteiger partial charge in [-0.25, -0.2) is 14.5 Å². The van der Waals surface area contributed by atoms with E-state index in [-0.39, 0.29) is 18.6 Å². The third-order valence-corrected chi connectivity index (χ3v) is 4.43. The summed E-state index contributed by atoms with van der Waals surface area (Å²) in [5.74, 6) is 0.0882. The fourth-order valence-corrected chi connectivity index (χ4v) is 2.88. The second-order valence-corrected chi connectivity index (χ2v) is 7.56. The van der Waals surface area contributed by atoms with Crippen LogP contribution in [0.1, 0.15) is 50.5 Å². The first-order valence-electron chi connectivity index (χ1n) is 9.72. The number of nitrogens with one attached hydrogen (secondary N) is 1. The van der Waals surface area contributed by atoms with Gasteiger partial charge < -0.3 is 14.5 Å². The molecule has 1 N–H and O–H groups in total. The number of pyridine rings is 1. The molecule has 3 heterocycles. The van der Waals surface area contributed by atoms with Crippen LogP contribution >= 0.6 is 0 Å². The number of carbonyl (C=O) groups excluding carboxylic acids is 2. The SMILES string of the molecule is CC(C)CCNC(=O)COC(=O)c1cc(-c2ccco2)nc2c1cnn2C(C)C. The number of amides is 1. The lowest BCUT2D eigenvalue weighted by molar-refractivity contribution is -0.124. The Balaban J connectivity index is 1.84. The molecule has 0 fully saturated rings.